The van der Waals surface area contributed by atoms with Crippen molar-refractivity contribution in [1.82, 2.24) is 9.80 Å². The second-order valence-electron chi connectivity index (χ2n) is 3.95. The Kier molecular flexibility index (Phi) is 2.89. The van der Waals surface area contributed by atoms with E-state index in [0.29, 0.717) is 6.04 Å². The molecule has 0 bridgehead atoms. The molecule has 0 amide bonds. The van der Waals surface area contributed by atoms with Gasteiger partial charge < -0.3 is 16.7 Å². The first kappa shape index (κ1) is 10.4. The van der Waals surface area contributed by atoms with Crippen molar-refractivity contribution >= 4 is 0 Å². The number of hydrogen-bond donors (Lipinski definition) is 0. The molecule has 1 aliphatic heterocycles. The van der Waals surface area contributed by atoms with Gasteiger partial charge >= 0.3 is 0 Å². The van der Waals surface area contributed by atoms with Crippen LogP contribution in [0, 0.1) is 13.6 Å². The van der Waals surface area contributed by atoms with Crippen LogP contribution in [0.5, 0.6) is 0 Å². The van der Waals surface area contributed by atoms with Gasteiger partial charge in [-0.25, -0.2) is 0 Å². The Morgan fingerprint density at radius 1 is 1.08 bits per heavy atom. The summed E-state index contributed by atoms with van der Waals surface area (Å²) in [6.07, 6.45) is 0. The molecule has 1 aliphatic rings. The molecule has 13 heavy (non-hydrogen) atoms. The molecule has 1 heterocycles. The van der Waals surface area contributed by atoms with Crippen LogP contribution in [0.2, 0.25) is 0 Å². The molecule has 0 N–H and O–H groups in total. The fourth-order valence-electron chi connectivity index (χ4n) is 1.55. The van der Waals surface area contributed by atoms with Gasteiger partial charge in [0, 0.05) is 17.4 Å². The first-order valence-corrected chi connectivity index (χ1v) is 4.80. The van der Waals surface area contributed by atoms with E-state index < -0.39 is 0 Å². The monoisotopic (exact) mass is 179 g/mol. The molecular formula is C11H19N2-. The van der Waals surface area contributed by atoms with Crippen LogP contribution in [0.15, 0.2) is 11.4 Å². The summed E-state index contributed by atoms with van der Waals surface area (Å²) >= 11 is 0. The molecule has 0 aromatic rings. The normalized spacial score (nSPS) is 20.5. The van der Waals surface area contributed by atoms with Crippen LogP contribution in [0.25, 0.3) is 0 Å². The zero-order valence-electron chi connectivity index (χ0n) is 9.26. The minimum Gasteiger partial charge on any atom is -0.371 e. The lowest BCUT2D eigenvalue weighted by atomic mass is 10.3. The van der Waals surface area contributed by atoms with Crippen molar-refractivity contribution in [2.45, 2.75) is 46.7 Å². The first-order valence-electron chi connectivity index (χ1n) is 4.80. The van der Waals surface area contributed by atoms with Crippen LogP contribution in [0.4, 0.5) is 0 Å². The second kappa shape index (κ2) is 3.60. The summed E-state index contributed by atoms with van der Waals surface area (Å²) in [4.78, 5) is 4.26. The van der Waals surface area contributed by atoms with E-state index in [4.69, 9.17) is 0 Å². The van der Waals surface area contributed by atoms with Crippen LogP contribution >= 0.6 is 0 Å². The van der Waals surface area contributed by atoms with E-state index in [1.165, 1.54) is 11.4 Å². The number of hydrogen-bond acceptors (Lipinski definition) is 2. The Balaban J connectivity index is 2.81. The molecule has 1 unspecified atom stereocenters. The van der Waals surface area contributed by atoms with E-state index in [2.05, 4.69) is 58.0 Å². The molecule has 74 valence electrons. The lowest BCUT2D eigenvalue weighted by Crippen LogP contribution is -2.30. The molecule has 0 aromatic heterocycles. The van der Waals surface area contributed by atoms with Gasteiger partial charge in [-0.3, -0.25) is 0 Å². The average Bonchev–Trinajstić information content (AvgIpc) is 2.29. The zero-order valence-corrected chi connectivity index (χ0v) is 9.26. The maximum atomic E-state index is 4.00. The predicted octanol–water partition coefficient (Wildman–Crippen LogP) is 2.48. The Hall–Kier alpha value is -0.660. The van der Waals surface area contributed by atoms with Crippen LogP contribution in [0.3, 0.4) is 0 Å². The van der Waals surface area contributed by atoms with Gasteiger partial charge in [-0.15, -0.1) is 0 Å². The third kappa shape index (κ3) is 1.82. The van der Waals surface area contributed by atoms with Crippen LogP contribution < -0.4 is 0 Å². The molecule has 0 saturated carbocycles. The summed E-state index contributed by atoms with van der Waals surface area (Å²) in [5.41, 5.74) is 2.54. The molecule has 1 rings (SSSR count). The highest BCUT2D eigenvalue weighted by molar-refractivity contribution is 5.19. The van der Waals surface area contributed by atoms with Gasteiger partial charge in [0.05, 0.1) is 0 Å². The smallest absolute Gasteiger partial charge is 0.206 e. The molecule has 0 fully saturated rings. The van der Waals surface area contributed by atoms with Gasteiger partial charge in [0.1, 0.15) is 0 Å². The van der Waals surface area contributed by atoms with Crippen molar-refractivity contribution in [2.24, 2.45) is 0 Å². The van der Waals surface area contributed by atoms with Crippen molar-refractivity contribution in [3.05, 3.63) is 25.0 Å². The maximum absolute atomic E-state index is 4.00. The Bertz CT molecular complexity index is 194. The molecule has 0 saturated heterocycles. The zero-order chi connectivity index (χ0) is 10.2. The van der Waals surface area contributed by atoms with E-state index in [1.54, 1.807) is 0 Å². The molecular weight excluding hydrogens is 160 g/mol. The summed E-state index contributed by atoms with van der Waals surface area (Å²) in [6, 6.07) is 0.720. The molecule has 0 spiro atoms. The van der Waals surface area contributed by atoms with Crippen molar-refractivity contribution < 1.29 is 0 Å². The Labute approximate surface area is 82.2 Å². The molecule has 2 radical (unpaired) electrons. The van der Waals surface area contributed by atoms with Gasteiger partial charge in [0.15, 0.2) is 0 Å². The molecule has 2 nitrogen and oxygen atoms in total. The summed E-state index contributed by atoms with van der Waals surface area (Å²) in [5, 5.41) is 0. The molecule has 1 atom stereocenters. The van der Waals surface area contributed by atoms with E-state index in [0.717, 1.165) is 0 Å². The number of rotatable bonds is 2. The fourth-order valence-corrected chi connectivity index (χ4v) is 1.55. The SMILES string of the molecule is [CH2-]C(C)N1[C]N(C(C)C)C(C)=C1C. The van der Waals surface area contributed by atoms with Crippen LogP contribution in [-0.4, -0.2) is 21.9 Å². The summed E-state index contributed by atoms with van der Waals surface area (Å²) in [5.74, 6) is 0. The topological polar surface area (TPSA) is 6.48 Å². The quantitative estimate of drug-likeness (QED) is 0.601. The lowest BCUT2D eigenvalue weighted by Gasteiger charge is -2.30. The van der Waals surface area contributed by atoms with E-state index in [-0.39, 0.29) is 6.04 Å². The van der Waals surface area contributed by atoms with Gasteiger partial charge in [-0.2, -0.15) is 0 Å². The Morgan fingerprint density at radius 2 is 1.54 bits per heavy atom. The minimum absolute atomic E-state index is 0.249. The maximum Gasteiger partial charge on any atom is 0.206 e. The second-order valence-corrected chi connectivity index (χ2v) is 3.95. The molecule has 2 heteroatoms. The highest BCUT2D eigenvalue weighted by atomic mass is 15.4. The van der Waals surface area contributed by atoms with Gasteiger partial charge in [-0.1, -0.05) is 13.0 Å². The third-order valence-electron chi connectivity index (χ3n) is 2.42. The van der Waals surface area contributed by atoms with E-state index >= 15 is 0 Å². The highest BCUT2D eigenvalue weighted by Crippen LogP contribution is 2.29. The third-order valence-corrected chi connectivity index (χ3v) is 2.42. The average molecular weight is 179 g/mol. The van der Waals surface area contributed by atoms with Crippen molar-refractivity contribution in [1.29, 1.82) is 0 Å². The van der Waals surface area contributed by atoms with Crippen LogP contribution in [0.1, 0.15) is 34.6 Å². The number of allylic oxidation sites excluding steroid dienone is 2. The van der Waals surface area contributed by atoms with E-state index in [9.17, 15) is 0 Å². The van der Waals surface area contributed by atoms with Gasteiger partial charge in [0.2, 0.25) is 6.67 Å². The summed E-state index contributed by atoms with van der Waals surface area (Å²) in [6.45, 7) is 18.0. The van der Waals surface area contributed by atoms with Crippen molar-refractivity contribution in [2.75, 3.05) is 0 Å². The minimum atomic E-state index is 0.249. The lowest BCUT2D eigenvalue weighted by molar-refractivity contribution is 0.267. The largest absolute Gasteiger partial charge is 0.371 e. The molecule has 0 aliphatic carbocycles. The summed E-state index contributed by atoms with van der Waals surface area (Å²) < 4.78 is 0. The Morgan fingerprint density at radius 3 is 1.77 bits per heavy atom. The summed E-state index contributed by atoms with van der Waals surface area (Å²) in [7, 11) is 0. The predicted molar refractivity (Wildman–Crippen MR) is 55.3 cm³/mol. The standard InChI is InChI=1S/C11H19N2/c1-8(2)12-7-13(9(3)4)11(6)10(12)5/h8-9H,1H2,2-6H3/q-1. The first-order chi connectivity index (χ1) is 5.95. The van der Waals surface area contributed by atoms with Crippen molar-refractivity contribution in [3.8, 4) is 0 Å². The van der Waals surface area contributed by atoms with E-state index in [1.807, 2.05) is 0 Å². The highest BCUT2D eigenvalue weighted by Gasteiger charge is 2.26. The van der Waals surface area contributed by atoms with Gasteiger partial charge in [-0.05, 0) is 27.7 Å². The van der Waals surface area contributed by atoms with Gasteiger partial charge in [0.25, 0.3) is 0 Å². The fraction of sp³-hybridized carbons (Fsp3) is 0.636. The van der Waals surface area contributed by atoms with Crippen LogP contribution in [-0.2, 0) is 0 Å². The molecule has 0 aromatic carbocycles. The van der Waals surface area contributed by atoms with Crippen molar-refractivity contribution in [3.63, 3.8) is 0 Å². The number of nitrogens with zero attached hydrogens (tertiary/aromatic N) is 2.